The molecule has 0 aromatic heterocycles. The molecule has 2 aliphatic rings. The summed E-state index contributed by atoms with van der Waals surface area (Å²) in [5.41, 5.74) is -34.0. The van der Waals surface area contributed by atoms with Crippen LogP contribution in [0.1, 0.15) is 44.5 Å². The molecule has 3 aromatic carbocycles. The number of alkyl halides is 12. The lowest BCUT2D eigenvalue weighted by Crippen LogP contribution is -2.58. The monoisotopic (exact) mass is 618 g/mol. The number of fused-ring (bicyclic) bond motifs is 4. The minimum absolute atomic E-state index is 0.291. The van der Waals surface area contributed by atoms with Gasteiger partial charge in [0.15, 0.2) is 0 Å². The first kappa shape index (κ1) is 30.1. The van der Waals surface area contributed by atoms with E-state index in [1.807, 2.05) is 0 Å². The number of aliphatic hydroxyl groups is 4. The van der Waals surface area contributed by atoms with Gasteiger partial charge >= 0.3 is 24.7 Å². The molecule has 0 aliphatic heterocycles. The average Bonchev–Trinajstić information content (AvgIpc) is 2.87. The van der Waals surface area contributed by atoms with Crippen molar-refractivity contribution in [3.8, 4) is 0 Å². The Morgan fingerprint density at radius 1 is 0.333 bits per heavy atom. The van der Waals surface area contributed by atoms with Crippen molar-refractivity contribution in [2.75, 3.05) is 0 Å². The highest BCUT2D eigenvalue weighted by Crippen LogP contribution is 2.63. The van der Waals surface area contributed by atoms with Crippen molar-refractivity contribution in [1.29, 1.82) is 0 Å². The molecule has 4 unspecified atom stereocenters. The molecule has 42 heavy (non-hydrogen) atoms. The SMILES string of the molecule is OC1(C(F)(F)F)c2ccccc2C(O)(C(F)(F)F)c2cc3c(cc21)C(O)(C(F)(F)F)c1ccccc1C3(O)C(F)(F)F. The molecule has 2 aliphatic carbocycles. The Balaban J connectivity index is 2.09. The normalized spacial score (nSPS) is 29.3. The molecule has 0 amide bonds. The quantitative estimate of drug-likeness (QED) is 0.251. The lowest BCUT2D eigenvalue weighted by atomic mass is 9.61. The van der Waals surface area contributed by atoms with Gasteiger partial charge in [-0.25, -0.2) is 0 Å². The van der Waals surface area contributed by atoms with E-state index in [1.54, 1.807) is 0 Å². The van der Waals surface area contributed by atoms with Crippen LogP contribution in [0.4, 0.5) is 52.7 Å². The molecule has 3 aromatic rings. The van der Waals surface area contributed by atoms with Crippen LogP contribution in [0.5, 0.6) is 0 Å². The minimum Gasteiger partial charge on any atom is -0.372 e. The Kier molecular flexibility index (Phi) is 5.87. The average molecular weight is 618 g/mol. The van der Waals surface area contributed by atoms with Gasteiger partial charge < -0.3 is 20.4 Å². The number of hydrogen-bond donors (Lipinski definition) is 4. The van der Waals surface area contributed by atoms with Crippen molar-refractivity contribution < 1.29 is 73.1 Å². The van der Waals surface area contributed by atoms with E-state index in [0.717, 1.165) is 0 Å². The van der Waals surface area contributed by atoms with Gasteiger partial charge in [0, 0.05) is 44.5 Å². The number of halogens is 12. The second-order valence-electron chi connectivity index (χ2n) is 9.87. The first-order valence-electron chi connectivity index (χ1n) is 11.5. The molecule has 0 saturated carbocycles. The Hall–Kier alpha value is -3.34. The van der Waals surface area contributed by atoms with E-state index in [0.29, 0.717) is 48.5 Å². The van der Waals surface area contributed by atoms with Gasteiger partial charge in [0.05, 0.1) is 0 Å². The van der Waals surface area contributed by atoms with Gasteiger partial charge in [-0.05, 0) is 12.1 Å². The molecule has 0 spiro atoms. The summed E-state index contributed by atoms with van der Waals surface area (Å²) >= 11 is 0. The van der Waals surface area contributed by atoms with Gasteiger partial charge in [-0.3, -0.25) is 0 Å². The third-order valence-corrected chi connectivity index (χ3v) is 7.77. The summed E-state index contributed by atoms with van der Waals surface area (Å²) in [4.78, 5) is 0. The lowest BCUT2D eigenvalue weighted by molar-refractivity contribution is -0.274. The molecular weight excluding hydrogens is 604 g/mol. The Bertz CT molecular complexity index is 1380. The van der Waals surface area contributed by atoms with Crippen molar-refractivity contribution in [3.63, 3.8) is 0 Å². The highest BCUT2D eigenvalue weighted by atomic mass is 19.4. The van der Waals surface area contributed by atoms with Crippen molar-refractivity contribution in [2.45, 2.75) is 47.1 Å². The maximum absolute atomic E-state index is 14.5. The summed E-state index contributed by atoms with van der Waals surface area (Å²) in [6.07, 6.45) is -24.2. The third kappa shape index (κ3) is 3.31. The molecule has 4 N–H and O–H groups in total. The maximum Gasteiger partial charge on any atom is 0.425 e. The van der Waals surface area contributed by atoms with E-state index in [-0.39, 0.29) is 0 Å². The standard InChI is InChI=1S/C26H14F12O4/c27-23(28,29)19(39)11-5-1-2-6-12(11)20(40,24(30,31)32)16-10-18-17(9-15(16)19)21(41,25(33,34)35)13-7-3-4-8-14(13)22(18,42)26(36,37)38/h1-10,39-42H. The molecule has 4 nitrogen and oxygen atoms in total. The highest BCUT2D eigenvalue weighted by Gasteiger charge is 2.72. The van der Waals surface area contributed by atoms with Crippen LogP contribution in [-0.4, -0.2) is 45.1 Å². The molecule has 226 valence electrons. The zero-order chi connectivity index (χ0) is 31.7. The van der Waals surface area contributed by atoms with Crippen LogP contribution in [0.2, 0.25) is 0 Å². The number of rotatable bonds is 0. The van der Waals surface area contributed by atoms with Crippen molar-refractivity contribution >= 4 is 0 Å². The van der Waals surface area contributed by atoms with Gasteiger partial charge in [0.2, 0.25) is 22.4 Å². The first-order chi connectivity index (χ1) is 18.9. The van der Waals surface area contributed by atoms with E-state index in [2.05, 4.69) is 0 Å². The zero-order valence-electron chi connectivity index (χ0n) is 20.1. The molecule has 4 atom stereocenters. The maximum atomic E-state index is 14.5. The minimum atomic E-state index is -6.05. The smallest absolute Gasteiger partial charge is 0.372 e. The van der Waals surface area contributed by atoms with Crippen LogP contribution < -0.4 is 0 Å². The van der Waals surface area contributed by atoms with Crippen LogP contribution in [-0.2, 0) is 22.4 Å². The summed E-state index contributed by atoms with van der Waals surface area (Å²) in [6.45, 7) is 0. The zero-order valence-corrected chi connectivity index (χ0v) is 20.1. The summed E-state index contributed by atoms with van der Waals surface area (Å²) in [6, 6.07) is 2.93. The van der Waals surface area contributed by atoms with Gasteiger partial charge in [0.25, 0.3) is 0 Å². The van der Waals surface area contributed by atoms with Gasteiger partial charge in [-0.15, -0.1) is 0 Å². The topological polar surface area (TPSA) is 80.9 Å². The summed E-state index contributed by atoms with van der Waals surface area (Å²) in [5, 5.41) is 44.1. The largest absolute Gasteiger partial charge is 0.425 e. The first-order valence-corrected chi connectivity index (χ1v) is 11.5. The van der Waals surface area contributed by atoms with Crippen LogP contribution in [0, 0.1) is 0 Å². The van der Waals surface area contributed by atoms with Crippen molar-refractivity contribution in [3.05, 3.63) is 105 Å². The second kappa shape index (κ2) is 8.18. The molecule has 16 heteroatoms. The Labute approximate surface area is 226 Å². The Morgan fingerprint density at radius 3 is 0.643 bits per heavy atom. The fraction of sp³-hybridized carbons (Fsp3) is 0.308. The predicted octanol–water partition coefficient (Wildman–Crippen LogP) is 5.51. The highest BCUT2D eigenvalue weighted by molar-refractivity contribution is 5.66. The van der Waals surface area contributed by atoms with E-state index < -0.39 is 104 Å². The molecule has 5 rings (SSSR count). The third-order valence-electron chi connectivity index (χ3n) is 7.77. The molecule has 0 heterocycles. The van der Waals surface area contributed by atoms with Gasteiger partial charge in [-0.1, -0.05) is 48.5 Å². The van der Waals surface area contributed by atoms with E-state index in [4.69, 9.17) is 0 Å². The van der Waals surface area contributed by atoms with E-state index >= 15 is 0 Å². The van der Waals surface area contributed by atoms with Gasteiger partial charge in [-0.2, -0.15) is 52.7 Å². The molecule has 0 bridgehead atoms. The summed E-state index contributed by atoms with van der Waals surface area (Å²) in [7, 11) is 0. The van der Waals surface area contributed by atoms with Crippen LogP contribution in [0.25, 0.3) is 0 Å². The summed E-state index contributed by atoms with van der Waals surface area (Å²) < 4.78 is 175. The van der Waals surface area contributed by atoms with Gasteiger partial charge in [0.1, 0.15) is 0 Å². The van der Waals surface area contributed by atoms with Crippen molar-refractivity contribution in [1.82, 2.24) is 0 Å². The van der Waals surface area contributed by atoms with Crippen LogP contribution in [0.15, 0.2) is 60.7 Å². The second-order valence-corrected chi connectivity index (χ2v) is 9.87. The van der Waals surface area contributed by atoms with Crippen LogP contribution >= 0.6 is 0 Å². The molecule has 0 radical (unpaired) electrons. The lowest BCUT2D eigenvalue weighted by Gasteiger charge is -2.49. The predicted molar refractivity (Wildman–Crippen MR) is 116 cm³/mol. The Morgan fingerprint density at radius 2 is 0.500 bits per heavy atom. The van der Waals surface area contributed by atoms with E-state index in [1.165, 1.54) is 0 Å². The van der Waals surface area contributed by atoms with Crippen molar-refractivity contribution in [2.24, 2.45) is 0 Å². The molecule has 0 saturated heterocycles. The van der Waals surface area contributed by atoms with Crippen LogP contribution in [0.3, 0.4) is 0 Å². The number of benzene rings is 3. The fourth-order valence-corrected chi connectivity index (χ4v) is 5.83. The number of hydrogen-bond acceptors (Lipinski definition) is 4. The fourth-order valence-electron chi connectivity index (χ4n) is 5.83. The molecule has 0 fully saturated rings. The molecular formula is C26H14F12O4. The summed E-state index contributed by atoms with van der Waals surface area (Å²) in [5.74, 6) is 0. The van der Waals surface area contributed by atoms with E-state index in [9.17, 15) is 73.1 Å².